The van der Waals surface area contributed by atoms with Crippen molar-refractivity contribution in [2.75, 3.05) is 11.9 Å². The lowest BCUT2D eigenvalue weighted by atomic mass is 10.2. The number of halogens is 1. The number of anilines is 1. The van der Waals surface area contributed by atoms with Crippen LogP contribution in [-0.2, 0) is 11.3 Å². The maximum Gasteiger partial charge on any atom is 0.340 e. The van der Waals surface area contributed by atoms with E-state index in [4.69, 9.17) is 20.8 Å². The number of nitrogens with one attached hydrogen (secondary N) is 1. The van der Waals surface area contributed by atoms with E-state index in [9.17, 15) is 4.79 Å². The van der Waals surface area contributed by atoms with E-state index >= 15 is 0 Å². The summed E-state index contributed by atoms with van der Waals surface area (Å²) in [6.07, 6.45) is 0. The fraction of sp³-hybridized carbons (Fsp3) is 0.167. The topological polar surface area (TPSA) is 77.2 Å². The molecule has 0 spiro atoms. The summed E-state index contributed by atoms with van der Waals surface area (Å²) >= 11 is 6.13. The Morgan fingerprint density at radius 2 is 1.92 bits per heavy atom. The molecule has 3 rings (SSSR count). The van der Waals surface area contributed by atoms with Crippen LogP contribution in [0.4, 0.5) is 5.69 Å². The molecule has 0 amide bonds. The highest BCUT2D eigenvalue weighted by Crippen LogP contribution is 2.26. The summed E-state index contributed by atoms with van der Waals surface area (Å²) in [5.41, 5.74) is 1.77. The summed E-state index contributed by atoms with van der Waals surface area (Å²) in [6, 6.07) is 14.3. The molecule has 0 saturated heterocycles. The number of carbonyl (C=O) groups excluding carboxylic acids is 1. The second-order valence-corrected chi connectivity index (χ2v) is 5.51. The van der Waals surface area contributed by atoms with Gasteiger partial charge in [-0.25, -0.2) is 4.79 Å². The van der Waals surface area contributed by atoms with E-state index in [1.165, 1.54) is 0 Å². The minimum Gasteiger partial charge on any atom is -0.462 e. The van der Waals surface area contributed by atoms with E-state index < -0.39 is 0 Å². The van der Waals surface area contributed by atoms with E-state index in [0.717, 1.165) is 0 Å². The van der Waals surface area contributed by atoms with Crippen molar-refractivity contribution in [1.82, 2.24) is 10.2 Å². The molecule has 1 aromatic heterocycles. The highest BCUT2D eigenvalue weighted by atomic mass is 35.5. The molecular formula is C18H16ClN3O3. The smallest absolute Gasteiger partial charge is 0.340 e. The third-order valence-corrected chi connectivity index (χ3v) is 3.75. The third kappa shape index (κ3) is 3.97. The second-order valence-electron chi connectivity index (χ2n) is 5.10. The SMILES string of the molecule is CCOC(=O)c1ccccc1NCc1nnc(-c2ccccc2Cl)o1. The lowest BCUT2D eigenvalue weighted by Crippen LogP contribution is -2.09. The van der Waals surface area contributed by atoms with Gasteiger partial charge in [-0.05, 0) is 31.2 Å². The average molecular weight is 358 g/mol. The van der Waals surface area contributed by atoms with Gasteiger partial charge in [0.1, 0.15) is 0 Å². The van der Waals surface area contributed by atoms with Crippen molar-refractivity contribution in [1.29, 1.82) is 0 Å². The first kappa shape index (κ1) is 17.0. The van der Waals surface area contributed by atoms with E-state index in [1.807, 2.05) is 24.3 Å². The van der Waals surface area contributed by atoms with E-state index in [2.05, 4.69) is 15.5 Å². The zero-order valence-corrected chi connectivity index (χ0v) is 14.3. The Kier molecular flexibility index (Phi) is 5.30. The summed E-state index contributed by atoms with van der Waals surface area (Å²) in [5.74, 6) is 0.350. The molecular weight excluding hydrogens is 342 g/mol. The minimum absolute atomic E-state index is 0.272. The second kappa shape index (κ2) is 7.81. The third-order valence-electron chi connectivity index (χ3n) is 3.42. The summed E-state index contributed by atoms with van der Waals surface area (Å²) in [6.45, 7) is 2.36. The molecule has 25 heavy (non-hydrogen) atoms. The first-order valence-corrected chi connectivity index (χ1v) is 8.14. The Morgan fingerprint density at radius 3 is 2.72 bits per heavy atom. The van der Waals surface area contributed by atoms with E-state index in [1.54, 1.807) is 31.2 Å². The Hall–Kier alpha value is -2.86. The van der Waals surface area contributed by atoms with Crippen LogP contribution >= 0.6 is 11.6 Å². The monoisotopic (exact) mass is 357 g/mol. The Bertz CT molecular complexity index is 879. The van der Waals surface area contributed by atoms with Gasteiger partial charge in [-0.3, -0.25) is 0 Å². The molecule has 128 valence electrons. The number of rotatable bonds is 6. The molecule has 0 atom stereocenters. The van der Waals surface area contributed by atoms with Crippen LogP contribution in [0.3, 0.4) is 0 Å². The summed E-state index contributed by atoms with van der Waals surface area (Å²) < 4.78 is 10.7. The first-order valence-electron chi connectivity index (χ1n) is 7.76. The average Bonchev–Trinajstić information content (AvgIpc) is 3.09. The predicted octanol–water partition coefficient (Wildman–Crippen LogP) is 4.18. The standard InChI is InChI=1S/C18H16ClN3O3/c1-2-24-18(23)13-8-4-6-10-15(13)20-11-16-21-22-17(25-16)12-7-3-5-9-14(12)19/h3-10,20H,2,11H2,1H3. The van der Waals surface area contributed by atoms with Crippen molar-refractivity contribution in [3.05, 3.63) is 65.0 Å². The van der Waals surface area contributed by atoms with Gasteiger partial charge in [0.05, 0.1) is 29.3 Å². The van der Waals surface area contributed by atoms with Crippen LogP contribution in [0.15, 0.2) is 52.9 Å². The number of benzene rings is 2. The number of carbonyl (C=O) groups is 1. The van der Waals surface area contributed by atoms with Gasteiger partial charge in [-0.2, -0.15) is 0 Å². The summed E-state index contributed by atoms with van der Waals surface area (Å²) in [4.78, 5) is 12.0. The highest BCUT2D eigenvalue weighted by molar-refractivity contribution is 6.33. The molecule has 0 aliphatic carbocycles. The maximum absolute atomic E-state index is 12.0. The molecule has 0 unspecified atom stereocenters. The molecule has 0 radical (unpaired) electrons. The van der Waals surface area contributed by atoms with E-state index in [0.29, 0.717) is 40.2 Å². The molecule has 2 aromatic carbocycles. The number of nitrogens with zero attached hydrogens (tertiary/aromatic N) is 2. The molecule has 7 heteroatoms. The van der Waals surface area contributed by atoms with Crippen LogP contribution in [0.5, 0.6) is 0 Å². The van der Waals surface area contributed by atoms with Gasteiger partial charge in [0.15, 0.2) is 0 Å². The largest absolute Gasteiger partial charge is 0.462 e. The van der Waals surface area contributed by atoms with Crippen molar-refractivity contribution in [2.45, 2.75) is 13.5 Å². The molecule has 6 nitrogen and oxygen atoms in total. The number of hydrogen-bond acceptors (Lipinski definition) is 6. The molecule has 0 aliphatic rings. The molecule has 0 fully saturated rings. The quantitative estimate of drug-likeness (QED) is 0.667. The molecule has 0 aliphatic heterocycles. The first-order chi connectivity index (χ1) is 12.2. The fourth-order valence-electron chi connectivity index (χ4n) is 2.26. The molecule has 0 bridgehead atoms. The van der Waals surface area contributed by atoms with Gasteiger partial charge in [0, 0.05) is 5.69 Å². The number of esters is 1. The van der Waals surface area contributed by atoms with Crippen molar-refractivity contribution in [2.24, 2.45) is 0 Å². The minimum atomic E-state index is -0.382. The van der Waals surface area contributed by atoms with Crippen LogP contribution in [-0.4, -0.2) is 22.8 Å². The highest BCUT2D eigenvalue weighted by Gasteiger charge is 2.14. The zero-order valence-electron chi connectivity index (χ0n) is 13.5. The molecule has 1 N–H and O–H groups in total. The van der Waals surface area contributed by atoms with Crippen molar-refractivity contribution in [3.8, 4) is 11.5 Å². The van der Waals surface area contributed by atoms with Gasteiger partial charge >= 0.3 is 5.97 Å². The van der Waals surface area contributed by atoms with Gasteiger partial charge in [0.25, 0.3) is 0 Å². The Morgan fingerprint density at radius 1 is 1.16 bits per heavy atom. The number of aromatic nitrogens is 2. The Labute approximate surface area is 149 Å². The van der Waals surface area contributed by atoms with Crippen LogP contribution in [0.25, 0.3) is 11.5 Å². The molecule has 0 saturated carbocycles. The van der Waals surface area contributed by atoms with Crippen molar-refractivity contribution >= 4 is 23.3 Å². The van der Waals surface area contributed by atoms with Crippen molar-refractivity contribution < 1.29 is 13.9 Å². The lowest BCUT2D eigenvalue weighted by molar-refractivity contribution is 0.0527. The number of ether oxygens (including phenoxy) is 1. The van der Waals surface area contributed by atoms with E-state index in [-0.39, 0.29) is 12.5 Å². The van der Waals surface area contributed by atoms with Crippen molar-refractivity contribution in [3.63, 3.8) is 0 Å². The Balaban J connectivity index is 1.73. The van der Waals surface area contributed by atoms with Crippen LogP contribution in [0.2, 0.25) is 5.02 Å². The number of hydrogen-bond donors (Lipinski definition) is 1. The van der Waals surface area contributed by atoms with Gasteiger partial charge in [0.2, 0.25) is 11.8 Å². The zero-order chi connectivity index (χ0) is 17.6. The lowest BCUT2D eigenvalue weighted by Gasteiger charge is -2.09. The van der Waals surface area contributed by atoms with Crippen LogP contribution in [0, 0.1) is 0 Å². The normalized spacial score (nSPS) is 10.5. The van der Waals surface area contributed by atoms with Gasteiger partial charge in [-0.15, -0.1) is 10.2 Å². The van der Waals surface area contributed by atoms with Crippen LogP contribution < -0.4 is 5.32 Å². The van der Waals surface area contributed by atoms with Crippen LogP contribution in [0.1, 0.15) is 23.2 Å². The maximum atomic E-state index is 12.0. The molecule has 3 aromatic rings. The van der Waals surface area contributed by atoms with Gasteiger partial charge in [-0.1, -0.05) is 35.9 Å². The fourth-order valence-corrected chi connectivity index (χ4v) is 2.48. The predicted molar refractivity (Wildman–Crippen MR) is 94.5 cm³/mol. The summed E-state index contributed by atoms with van der Waals surface area (Å²) in [5, 5.41) is 11.7. The summed E-state index contributed by atoms with van der Waals surface area (Å²) in [7, 11) is 0. The number of para-hydroxylation sites is 1. The van der Waals surface area contributed by atoms with Gasteiger partial charge < -0.3 is 14.5 Å². The molecule has 1 heterocycles.